The molecule has 1 aliphatic heterocycles. The molecule has 1 fully saturated rings. The number of thioether (sulfide) groups is 1. The number of aliphatic hydroxyl groups is 1. The predicted molar refractivity (Wildman–Crippen MR) is 70.2 cm³/mol. The zero-order chi connectivity index (χ0) is 12.6. The molecule has 0 saturated carbocycles. The summed E-state index contributed by atoms with van der Waals surface area (Å²) in [7, 11) is -3.05. The molecule has 0 amide bonds. The predicted octanol–water partition coefficient (Wildman–Crippen LogP) is 1.55. The molecule has 17 heavy (non-hydrogen) atoms. The largest absolute Gasteiger partial charge is 0.391 e. The Morgan fingerprint density at radius 1 is 1.24 bits per heavy atom. The first-order valence-corrected chi connectivity index (χ1v) is 8.20. The van der Waals surface area contributed by atoms with Crippen molar-refractivity contribution in [3.8, 4) is 0 Å². The van der Waals surface area contributed by atoms with Gasteiger partial charge in [-0.3, -0.25) is 0 Å². The molecular weight excluding hydrogens is 256 g/mol. The highest BCUT2D eigenvalue weighted by Gasteiger charge is 2.36. The zero-order valence-electron chi connectivity index (χ0n) is 9.88. The maximum Gasteiger partial charge on any atom is 0.154 e. The highest BCUT2D eigenvalue weighted by molar-refractivity contribution is 8.02. The Balaban J connectivity index is 2.14. The number of hydrogen-bond acceptors (Lipinski definition) is 4. The Hall–Kier alpha value is -0.520. The first kappa shape index (κ1) is 12.9. The molecule has 94 valence electrons. The summed E-state index contributed by atoms with van der Waals surface area (Å²) in [5.74, 6) is -0.0265. The molecule has 1 aliphatic rings. The first-order chi connectivity index (χ1) is 7.87. The van der Waals surface area contributed by atoms with E-state index in [1.165, 1.54) is 22.9 Å². The van der Waals surface area contributed by atoms with Crippen LogP contribution in [0.1, 0.15) is 11.1 Å². The van der Waals surface area contributed by atoms with E-state index in [-0.39, 0.29) is 16.8 Å². The second kappa shape index (κ2) is 4.63. The topological polar surface area (TPSA) is 54.4 Å². The van der Waals surface area contributed by atoms with Gasteiger partial charge in [0.25, 0.3) is 0 Å². The summed E-state index contributed by atoms with van der Waals surface area (Å²) in [6, 6.07) is 6.04. The van der Waals surface area contributed by atoms with Gasteiger partial charge in [-0.25, -0.2) is 8.42 Å². The van der Waals surface area contributed by atoms with Crippen molar-refractivity contribution >= 4 is 21.6 Å². The van der Waals surface area contributed by atoms with Crippen molar-refractivity contribution in [2.24, 2.45) is 0 Å². The molecule has 0 spiro atoms. The number of aryl methyl sites for hydroxylation is 2. The van der Waals surface area contributed by atoms with Gasteiger partial charge in [-0.1, -0.05) is 6.07 Å². The lowest BCUT2D eigenvalue weighted by atomic mass is 10.1. The fraction of sp³-hybridized carbons (Fsp3) is 0.500. The van der Waals surface area contributed by atoms with Gasteiger partial charge in [0, 0.05) is 4.90 Å². The minimum atomic E-state index is -3.05. The number of benzene rings is 1. The third kappa shape index (κ3) is 3.03. The smallest absolute Gasteiger partial charge is 0.154 e. The maximum absolute atomic E-state index is 11.4. The minimum Gasteiger partial charge on any atom is -0.391 e. The summed E-state index contributed by atoms with van der Waals surface area (Å²) in [6.07, 6.45) is -0.744. The lowest BCUT2D eigenvalue weighted by molar-refractivity contribution is 0.207. The molecule has 0 aliphatic carbocycles. The maximum atomic E-state index is 11.4. The van der Waals surface area contributed by atoms with Crippen LogP contribution in [0.15, 0.2) is 23.1 Å². The van der Waals surface area contributed by atoms with Crippen LogP contribution in [0.2, 0.25) is 0 Å². The summed E-state index contributed by atoms with van der Waals surface area (Å²) in [5.41, 5.74) is 2.40. The fourth-order valence-corrected chi connectivity index (χ4v) is 5.49. The van der Waals surface area contributed by atoms with Gasteiger partial charge in [-0.05, 0) is 37.1 Å². The molecule has 1 aromatic carbocycles. The third-order valence-corrected chi connectivity index (χ3v) is 6.27. The molecule has 0 radical (unpaired) electrons. The number of rotatable bonds is 2. The molecule has 0 bridgehead atoms. The van der Waals surface area contributed by atoms with Gasteiger partial charge >= 0.3 is 0 Å². The van der Waals surface area contributed by atoms with Crippen LogP contribution in [-0.4, -0.2) is 36.4 Å². The van der Waals surface area contributed by atoms with Crippen molar-refractivity contribution in [2.75, 3.05) is 11.5 Å². The van der Waals surface area contributed by atoms with E-state index in [0.717, 1.165) is 4.90 Å². The van der Waals surface area contributed by atoms with E-state index in [1.54, 1.807) is 0 Å². The molecule has 3 nitrogen and oxygen atoms in total. The van der Waals surface area contributed by atoms with Crippen LogP contribution in [0, 0.1) is 13.8 Å². The molecule has 1 heterocycles. The van der Waals surface area contributed by atoms with Crippen LogP contribution >= 0.6 is 11.8 Å². The van der Waals surface area contributed by atoms with Crippen molar-refractivity contribution in [1.29, 1.82) is 0 Å². The quantitative estimate of drug-likeness (QED) is 0.887. The average Bonchev–Trinajstić information content (AvgIpc) is 2.46. The molecule has 0 aromatic heterocycles. The van der Waals surface area contributed by atoms with Crippen LogP contribution in [0.4, 0.5) is 0 Å². The van der Waals surface area contributed by atoms with Crippen molar-refractivity contribution in [3.05, 3.63) is 29.3 Å². The Morgan fingerprint density at radius 3 is 2.47 bits per heavy atom. The van der Waals surface area contributed by atoms with Crippen molar-refractivity contribution in [1.82, 2.24) is 0 Å². The Kier molecular flexibility index (Phi) is 3.52. The van der Waals surface area contributed by atoms with Gasteiger partial charge in [0.2, 0.25) is 0 Å². The van der Waals surface area contributed by atoms with Gasteiger partial charge in [-0.15, -0.1) is 11.8 Å². The monoisotopic (exact) mass is 272 g/mol. The molecule has 1 saturated heterocycles. The minimum absolute atomic E-state index is 0.0752. The molecule has 2 atom stereocenters. The normalized spacial score (nSPS) is 27.2. The van der Waals surface area contributed by atoms with Crippen LogP contribution in [-0.2, 0) is 9.84 Å². The Morgan fingerprint density at radius 2 is 1.94 bits per heavy atom. The number of sulfone groups is 1. The van der Waals surface area contributed by atoms with E-state index >= 15 is 0 Å². The Labute approximate surface area is 106 Å². The van der Waals surface area contributed by atoms with Gasteiger partial charge in [0.05, 0.1) is 22.9 Å². The van der Waals surface area contributed by atoms with Crippen LogP contribution < -0.4 is 0 Å². The fourth-order valence-electron chi connectivity index (χ4n) is 1.87. The highest BCUT2D eigenvalue weighted by Crippen LogP contribution is 2.32. The average molecular weight is 272 g/mol. The molecule has 2 unspecified atom stereocenters. The van der Waals surface area contributed by atoms with Crippen molar-refractivity contribution in [3.63, 3.8) is 0 Å². The molecule has 2 rings (SSSR count). The summed E-state index contributed by atoms with van der Waals surface area (Å²) in [5, 5.41) is 9.48. The SMILES string of the molecule is Cc1ccc(SC2CS(=O)(=O)CC2O)cc1C. The van der Waals surface area contributed by atoms with Crippen molar-refractivity contribution in [2.45, 2.75) is 30.1 Å². The van der Waals surface area contributed by atoms with Crippen LogP contribution in [0.25, 0.3) is 0 Å². The lowest BCUT2D eigenvalue weighted by Crippen LogP contribution is -2.19. The van der Waals surface area contributed by atoms with E-state index in [4.69, 9.17) is 0 Å². The highest BCUT2D eigenvalue weighted by atomic mass is 32.2. The lowest BCUT2D eigenvalue weighted by Gasteiger charge is -2.13. The second-order valence-electron chi connectivity index (χ2n) is 4.55. The third-order valence-electron chi connectivity index (χ3n) is 3.04. The summed E-state index contributed by atoms with van der Waals surface area (Å²) in [4.78, 5) is 1.02. The first-order valence-electron chi connectivity index (χ1n) is 5.50. The zero-order valence-corrected chi connectivity index (χ0v) is 11.5. The standard InChI is InChI=1S/C12H16O3S2/c1-8-3-4-10(5-9(8)2)16-12-7-17(14,15)6-11(12)13/h3-5,11-13H,6-7H2,1-2H3. The van der Waals surface area contributed by atoms with E-state index in [0.29, 0.717) is 0 Å². The number of hydrogen-bond donors (Lipinski definition) is 1. The van der Waals surface area contributed by atoms with Crippen LogP contribution in [0.5, 0.6) is 0 Å². The van der Waals surface area contributed by atoms with Gasteiger partial charge in [-0.2, -0.15) is 0 Å². The van der Waals surface area contributed by atoms with E-state index in [1.807, 2.05) is 32.0 Å². The van der Waals surface area contributed by atoms with E-state index < -0.39 is 15.9 Å². The van der Waals surface area contributed by atoms with Gasteiger partial charge in [0.1, 0.15) is 0 Å². The molecular formula is C12H16O3S2. The summed E-state index contributed by atoms with van der Waals surface area (Å²) >= 11 is 1.46. The summed E-state index contributed by atoms with van der Waals surface area (Å²) < 4.78 is 22.8. The van der Waals surface area contributed by atoms with Crippen molar-refractivity contribution < 1.29 is 13.5 Å². The van der Waals surface area contributed by atoms with Gasteiger partial charge < -0.3 is 5.11 Å². The number of aliphatic hydroxyl groups excluding tert-OH is 1. The van der Waals surface area contributed by atoms with E-state index in [9.17, 15) is 13.5 Å². The Bertz CT molecular complexity index is 523. The molecule has 1 N–H and O–H groups in total. The van der Waals surface area contributed by atoms with E-state index in [2.05, 4.69) is 0 Å². The van der Waals surface area contributed by atoms with Gasteiger partial charge in [0.15, 0.2) is 9.84 Å². The van der Waals surface area contributed by atoms with Crippen LogP contribution in [0.3, 0.4) is 0 Å². The molecule has 5 heteroatoms. The second-order valence-corrected chi connectivity index (χ2v) is 8.01. The molecule has 1 aromatic rings. The summed E-state index contributed by atoms with van der Waals surface area (Å²) in [6.45, 7) is 4.07.